The first kappa shape index (κ1) is 14.9. The van der Waals surface area contributed by atoms with Gasteiger partial charge in [0.25, 0.3) is 11.6 Å². The minimum absolute atomic E-state index is 0.0938. The highest BCUT2D eigenvalue weighted by Gasteiger charge is 2.44. The van der Waals surface area contributed by atoms with Gasteiger partial charge in [0, 0.05) is 30.2 Å². The van der Waals surface area contributed by atoms with Crippen LogP contribution in [0.5, 0.6) is 0 Å². The number of carboxylic acids is 1. The number of aliphatic carboxylic acids is 1. The van der Waals surface area contributed by atoms with Gasteiger partial charge in [0.1, 0.15) is 0 Å². The molecule has 1 aromatic carbocycles. The average molecular weight is 294 g/mol. The zero-order valence-corrected chi connectivity index (χ0v) is 11.3. The fourth-order valence-electron chi connectivity index (χ4n) is 2.18. The summed E-state index contributed by atoms with van der Waals surface area (Å²) < 4.78 is 5.05. The average Bonchev–Trinajstić information content (AvgIpc) is 2.88. The molecule has 1 atom stereocenters. The van der Waals surface area contributed by atoms with Crippen molar-refractivity contribution >= 4 is 17.6 Å². The number of carbonyl (C=O) groups excluding carboxylic acids is 1. The van der Waals surface area contributed by atoms with Crippen molar-refractivity contribution in [2.75, 3.05) is 13.2 Å². The van der Waals surface area contributed by atoms with Crippen LogP contribution in [0.25, 0.3) is 0 Å². The van der Waals surface area contributed by atoms with Crippen molar-refractivity contribution in [1.82, 2.24) is 5.32 Å². The Kier molecular flexibility index (Phi) is 3.90. The van der Waals surface area contributed by atoms with Gasteiger partial charge in [-0.2, -0.15) is 0 Å². The van der Waals surface area contributed by atoms with Crippen LogP contribution in [0.15, 0.2) is 18.2 Å². The maximum Gasteiger partial charge on any atom is 0.331 e. The Bertz CT molecular complexity index is 607. The molecule has 0 aromatic heterocycles. The van der Waals surface area contributed by atoms with Gasteiger partial charge in [0.15, 0.2) is 5.54 Å². The third-order valence-electron chi connectivity index (χ3n) is 3.44. The molecule has 0 radical (unpaired) electrons. The third-order valence-corrected chi connectivity index (χ3v) is 3.44. The summed E-state index contributed by atoms with van der Waals surface area (Å²) in [5, 5.41) is 22.4. The Morgan fingerprint density at radius 3 is 2.67 bits per heavy atom. The molecular formula is C13H14N2O6. The van der Waals surface area contributed by atoms with Crippen molar-refractivity contribution < 1.29 is 24.4 Å². The third kappa shape index (κ3) is 2.84. The number of hydrogen-bond acceptors (Lipinski definition) is 5. The number of rotatable bonds is 4. The number of hydrogen-bond donors (Lipinski definition) is 2. The molecule has 1 aromatic rings. The second-order valence-electron chi connectivity index (χ2n) is 4.90. The number of ether oxygens (including phenoxy) is 1. The predicted octanol–water partition coefficient (Wildman–Crippen LogP) is 0.877. The van der Waals surface area contributed by atoms with Gasteiger partial charge < -0.3 is 15.2 Å². The summed E-state index contributed by atoms with van der Waals surface area (Å²) >= 11 is 0. The summed E-state index contributed by atoms with van der Waals surface area (Å²) in [4.78, 5) is 33.7. The van der Waals surface area contributed by atoms with E-state index in [2.05, 4.69) is 5.32 Å². The molecule has 0 bridgehead atoms. The predicted molar refractivity (Wildman–Crippen MR) is 71.1 cm³/mol. The molecular weight excluding hydrogens is 280 g/mol. The maximum absolute atomic E-state index is 12.1. The van der Waals surface area contributed by atoms with Crippen molar-refractivity contribution in [3.63, 3.8) is 0 Å². The largest absolute Gasteiger partial charge is 0.479 e. The van der Waals surface area contributed by atoms with Gasteiger partial charge in [-0.1, -0.05) is 0 Å². The number of nitrogens with one attached hydrogen (secondary N) is 1. The Labute approximate surface area is 119 Å². The van der Waals surface area contributed by atoms with E-state index in [0.29, 0.717) is 5.56 Å². The second-order valence-corrected chi connectivity index (χ2v) is 4.90. The smallest absolute Gasteiger partial charge is 0.331 e. The molecule has 21 heavy (non-hydrogen) atoms. The molecule has 1 fully saturated rings. The number of aryl methyl sites for hydroxylation is 1. The molecule has 0 saturated carbocycles. The lowest BCUT2D eigenvalue weighted by Gasteiger charge is -2.23. The van der Waals surface area contributed by atoms with E-state index < -0.39 is 22.3 Å². The molecule has 2 rings (SSSR count). The number of benzene rings is 1. The van der Waals surface area contributed by atoms with Crippen molar-refractivity contribution in [1.29, 1.82) is 0 Å². The first-order valence-electron chi connectivity index (χ1n) is 6.24. The lowest BCUT2D eigenvalue weighted by Crippen LogP contribution is -2.55. The molecule has 0 spiro atoms. The monoisotopic (exact) mass is 294 g/mol. The van der Waals surface area contributed by atoms with E-state index in [9.17, 15) is 24.8 Å². The van der Waals surface area contributed by atoms with Crippen LogP contribution in [0.4, 0.5) is 5.69 Å². The van der Waals surface area contributed by atoms with Gasteiger partial charge in [-0.05, 0) is 19.1 Å². The normalized spacial score (nSPS) is 21.0. The minimum Gasteiger partial charge on any atom is -0.479 e. The van der Waals surface area contributed by atoms with E-state index in [-0.39, 0.29) is 30.9 Å². The lowest BCUT2D eigenvalue weighted by molar-refractivity contribution is -0.385. The summed E-state index contributed by atoms with van der Waals surface area (Å²) in [6.07, 6.45) is 0.181. The summed E-state index contributed by atoms with van der Waals surface area (Å²) in [5.41, 5.74) is -1.03. The fraction of sp³-hybridized carbons (Fsp3) is 0.385. The van der Waals surface area contributed by atoms with Gasteiger partial charge in [-0.15, -0.1) is 0 Å². The zero-order valence-electron chi connectivity index (χ0n) is 11.3. The number of carboxylic acid groups (broad SMARTS) is 1. The zero-order chi connectivity index (χ0) is 15.6. The van der Waals surface area contributed by atoms with Crippen molar-refractivity contribution in [2.24, 2.45) is 0 Å². The fourth-order valence-corrected chi connectivity index (χ4v) is 2.18. The van der Waals surface area contributed by atoms with E-state index in [4.69, 9.17) is 4.74 Å². The summed E-state index contributed by atoms with van der Waals surface area (Å²) in [6.45, 7) is 1.67. The Morgan fingerprint density at radius 1 is 1.48 bits per heavy atom. The molecule has 1 heterocycles. The van der Waals surface area contributed by atoms with Gasteiger partial charge >= 0.3 is 5.97 Å². The minimum atomic E-state index is -1.44. The molecule has 2 N–H and O–H groups in total. The summed E-state index contributed by atoms with van der Waals surface area (Å²) in [5.74, 6) is -1.76. The SMILES string of the molecule is Cc1cc(C(=O)NC2(C(=O)O)CCOC2)ccc1[N+](=O)[O-]. The van der Waals surface area contributed by atoms with Crippen LogP contribution >= 0.6 is 0 Å². The van der Waals surface area contributed by atoms with Crippen molar-refractivity contribution in [3.05, 3.63) is 39.4 Å². The number of carbonyl (C=O) groups is 2. The second kappa shape index (κ2) is 5.49. The highest BCUT2D eigenvalue weighted by Crippen LogP contribution is 2.22. The molecule has 1 saturated heterocycles. The molecule has 112 valence electrons. The molecule has 8 heteroatoms. The molecule has 1 unspecified atom stereocenters. The first-order valence-corrected chi connectivity index (χ1v) is 6.24. The number of nitro benzene ring substituents is 1. The Balaban J connectivity index is 2.22. The lowest BCUT2D eigenvalue weighted by atomic mass is 9.98. The molecule has 1 aliphatic heterocycles. The Morgan fingerprint density at radius 2 is 2.19 bits per heavy atom. The number of nitrogens with zero attached hydrogens (tertiary/aromatic N) is 1. The van der Waals surface area contributed by atoms with E-state index in [1.807, 2.05) is 0 Å². The van der Waals surface area contributed by atoms with E-state index in [0.717, 1.165) is 0 Å². The van der Waals surface area contributed by atoms with Gasteiger partial charge in [-0.25, -0.2) is 4.79 Å². The maximum atomic E-state index is 12.1. The number of amides is 1. The van der Waals surface area contributed by atoms with Crippen LogP contribution in [0.2, 0.25) is 0 Å². The quantitative estimate of drug-likeness (QED) is 0.628. The van der Waals surface area contributed by atoms with Gasteiger partial charge in [0.2, 0.25) is 0 Å². The molecule has 0 aliphatic carbocycles. The molecule has 1 amide bonds. The Hall–Kier alpha value is -2.48. The molecule has 1 aliphatic rings. The highest BCUT2D eigenvalue weighted by atomic mass is 16.6. The van der Waals surface area contributed by atoms with Crippen molar-refractivity contribution in [3.8, 4) is 0 Å². The topological polar surface area (TPSA) is 119 Å². The van der Waals surface area contributed by atoms with E-state index in [1.165, 1.54) is 25.1 Å². The highest BCUT2D eigenvalue weighted by molar-refractivity contribution is 5.98. The first-order chi connectivity index (χ1) is 9.85. The van der Waals surface area contributed by atoms with E-state index >= 15 is 0 Å². The van der Waals surface area contributed by atoms with E-state index in [1.54, 1.807) is 0 Å². The van der Waals surface area contributed by atoms with Gasteiger partial charge in [-0.3, -0.25) is 14.9 Å². The van der Waals surface area contributed by atoms with Crippen LogP contribution in [0.1, 0.15) is 22.3 Å². The summed E-state index contributed by atoms with van der Waals surface area (Å²) in [6, 6.07) is 3.88. The van der Waals surface area contributed by atoms with Crippen molar-refractivity contribution in [2.45, 2.75) is 18.9 Å². The van der Waals surface area contributed by atoms with Crippen LogP contribution in [-0.4, -0.2) is 40.7 Å². The standard InChI is InChI=1S/C13H14N2O6/c1-8-6-9(2-3-10(8)15(19)20)11(16)14-13(12(17)18)4-5-21-7-13/h2-3,6H,4-5,7H2,1H3,(H,14,16)(H,17,18). The molecule has 8 nitrogen and oxygen atoms in total. The van der Waals surface area contributed by atoms with Crippen LogP contribution in [-0.2, 0) is 9.53 Å². The van der Waals surface area contributed by atoms with Gasteiger partial charge in [0.05, 0.1) is 11.5 Å². The number of nitro groups is 1. The van der Waals surface area contributed by atoms with Crippen LogP contribution in [0.3, 0.4) is 0 Å². The van der Waals surface area contributed by atoms with Crippen LogP contribution in [0, 0.1) is 17.0 Å². The summed E-state index contributed by atoms with van der Waals surface area (Å²) in [7, 11) is 0. The van der Waals surface area contributed by atoms with Crippen LogP contribution < -0.4 is 5.32 Å².